The summed E-state index contributed by atoms with van der Waals surface area (Å²) in [6, 6.07) is 9.12. The summed E-state index contributed by atoms with van der Waals surface area (Å²) < 4.78 is 26.7. The molecule has 0 saturated carbocycles. The molecule has 0 N–H and O–H groups in total. The first-order valence-electron chi connectivity index (χ1n) is 9.97. The molecule has 2 aromatic carbocycles. The van der Waals surface area contributed by atoms with Crippen LogP contribution in [0.2, 0.25) is 5.02 Å². The molecule has 0 amide bonds. The van der Waals surface area contributed by atoms with Crippen molar-refractivity contribution in [3.8, 4) is 17.1 Å². The van der Waals surface area contributed by atoms with E-state index in [-0.39, 0.29) is 45.7 Å². The summed E-state index contributed by atoms with van der Waals surface area (Å²) >= 11 is 6.01. The number of nitro benzene ring substituents is 1. The molecule has 0 atom stereocenters. The highest BCUT2D eigenvalue weighted by molar-refractivity contribution is 6.32. The predicted molar refractivity (Wildman–Crippen MR) is 123 cm³/mol. The highest BCUT2D eigenvalue weighted by Gasteiger charge is 2.25. The number of aromatic nitrogens is 3. The molecule has 4 aromatic rings. The summed E-state index contributed by atoms with van der Waals surface area (Å²) in [4.78, 5) is 32.4. The lowest BCUT2D eigenvalue weighted by molar-refractivity contribution is -0.385. The Morgan fingerprint density at radius 1 is 1.21 bits per heavy atom. The van der Waals surface area contributed by atoms with Crippen molar-refractivity contribution in [2.24, 2.45) is 0 Å². The van der Waals surface area contributed by atoms with Gasteiger partial charge in [0.05, 0.1) is 41.7 Å². The van der Waals surface area contributed by atoms with Crippen LogP contribution in [-0.4, -0.2) is 39.6 Å². The minimum Gasteiger partial charge on any atom is -0.492 e. The zero-order chi connectivity index (χ0) is 24.6. The van der Waals surface area contributed by atoms with Crippen molar-refractivity contribution in [3.05, 3.63) is 80.4 Å². The fourth-order valence-corrected chi connectivity index (χ4v) is 3.99. The van der Waals surface area contributed by atoms with Gasteiger partial charge in [-0.1, -0.05) is 29.8 Å². The number of carbonyl (C=O) groups is 1. The summed E-state index contributed by atoms with van der Waals surface area (Å²) in [5.74, 6) is -1.81. The molecule has 4 rings (SSSR count). The first-order valence-corrected chi connectivity index (χ1v) is 10.3. The van der Waals surface area contributed by atoms with Gasteiger partial charge >= 0.3 is 5.97 Å². The lowest BCUT2D eigenvalue weighted by Gasteiger charge is -2.11. The van der Waals surface area contributed by atoms with Crippen molar-refractivity contribution < 1.29 is 23.6 Å². The van der Waals surface area contributed by atoms with Crippen molar-refractivity contribution in [2.45, 2.75) is 13.5 Å². The maximum atomic E-state index is 15.1. The Morgan fingerprint density at radius 3 is 2.62 bits per heavy atom. The summed E-state index contributed by atoms with van der Waals surface area (Å²) in [5.41, 5.74) is 1.21. The van der Waals surface area contributed by atoms with Crippen LogP contribution >= 0.6 is 11.6 Å². The summed E-state index contributed by atoms with van der Waals surface area (Å²) in [7, 11) is 2.49. The van der Waals surface area contributed by atoms with Gasteiger partial charge in [0.15, 0.2) is 23.1 Å². The number of benzene rings is 2. The van der Waals surface area contributed by atoms with Gasteiger partial charge in [0, 0.05) is 17.8 Å². The van der Waals surface area contributed by atoms with Crippen LogP contribution in [0.25, 0.3) is 22.4 Å². The zero-order valence-corrected chi connectivity index (χ0v) is 19.1. The molecule has 0 saturated heterocycles. The fourth-order valence-electron chi connectivity index (χ4n) is 3.76. The SMILES string of the molecule is COC(=O)c1nc(-c2ccc(Cl)c(OC)c2F)nc2c1c(C)cn2Cc1ccccc1[N+](=O)[O-]. The van der Waals surface area contributed by atoms with E-state index in [1.54, 1.807) is 35.9 Å². The lowest BCUT2D eigenvalue weighted by Crippen LogP contribution is -2.10. The van der Waals surface area contributed by atoms with Crippen molar-refractivity contribution >= 4 is 34.3 Å². The van der Waals surface area contributed by atoms with E-state index in [9.17, 15) is 14.9 Å². The average Bonchev–Trinajstić information content (AvgIpc) is 3.13. The second-order valence-electron chi connectivity index (χ2n) is 7.35. The van der Waals surface area contributed by atoms with Gasteiger partial charge in [-0.25, -0.2) is 19.2 Å². The first-order chi connectivity index (χ1) is 16.3. The molecule has 0 unspecified atom stereocenters. The molecule has 0 aliphatic heterocycles. The maximum Gasteiger partial charge on any atom is 0.357 e. The van der Waals surface area contributed by atoms with Gasteiger partial charge in [-0.15, -0.1) is 0 Å². The summed E-state index contributed by atoms with van der Waals surface area (Å²) in [5, 5.41) is 11.9. The largest absolute Gasteiger partial charge is 0.492 e. The summed E-state index contributed by atoms with van der Waals surface area (Å²) in [6.45, 7) is 1.84. The Bertz CT molecular complexity index is 1450. The number of nitrogens with zero attached hydrogens (tertiary/aromatic N) is 4. The number of methoxy groups -OCH3 is 2. The molecule has 174 valence electrons. The van der Waals surface area contributed by atoms with Crippen LogP contribution in [0.3, 0.4) is 0 Å². The van der Waals surface area contributed by atoms with Gasteiger partial charge in [0.2, 0.25) is 0 Å². The Kier molecular flexibility index (Phi) is 6.16. The molecular formula is C23H18ClFN4O5. The number of rotatable bonds is 6. The fraction of sp³-hybridized carbons (Fsp3) is 0.174. The predicted octanol–water partition coefficient (Wildman–Crippen LogP) is 4.95. The molecule has 0 fully saturated rings. The Labute approximate surface area is 197 Å². The van der Waals surface area contributed by atoms with Gasteiger partial charge in [-0.2, -0.15) is 0 Å². The van der Waals surface area contributed by atoms with E-state index in [0.717, 1.165) is 0 Å². The van der Waals surface area contributed by atoms with E-state index in [1.807, 2.05) is 0 Å². The van der Waals surface area contributed by atoms with Crippen LogP contribution in [0.15, 0.2) is 42.6 Å². The summed E-state index contributed by atoms with van der Waals surface area (Å²) in [6.07, 6.45) is 1.70. The van der Waals surface area contributed by atoms with Gasteiger partial charge in [0.25, 0.3) is 5.69 Å². The molecule has 0 radical (unpaired) electrons. The van der Waals surface area contributed by atoms with E-state index in [1.165, 1.54) is 32.4 Å². The molecule has 0 aliphatic carbocycles. The number of nitro groups is 1. The third kappa shape index (κ3) is 3.92. The number of carbonyl (C=O) groups excluding carboxylic acids is 1. The molecule has 0 aliphatic rings. The van der Waals surface area contributed by atoms with E-state index < -0.39 is 16.7 Å². The average molecular weight is 485 g/mol. The second kappa shape index (κ2) is 9.06. The number of ether oxygens (including phenoxy) is 2. The van der Waals surface area contributed by atoms with Crippen molar-refractivity contribution in [1.82, 2.24) is 14.5 Å². The molecule has 9 nitrogen and oxygen atoms in total. The molecule has 2 heterocycles. The van der Waals surface area contributed by atoms with Gasteiger partial charge in [0.1, 0.15) is 5.65 Å². The number of halogens is 2. The van der Waals surface area contributed by atoms with E-state index in [4.69, 9.17) is 21.1 Å². The van der Waals surface area contributed by atoms with Crippen molar-refractivity contribution in [2.75, 3.05) is 14.2 Å². The number of hydrogen-bond acceptors (Lipinski definition) is 7. The second-order valence-corrected chi connectivity index (χ2v) is 7.76. The Hall–Kier alpha value is -4.05. The van der Waals surface area contributed by atoms with Crippen LogP contribution in [0.4, 0.5) is 10.1 Å². The van der Waals surface area contributed by atoms with E-state index in [0.29, 0.717) is 16.5 Å². The monoisotopic (exact) mass is 484 g/mol. The standard InChI is InChI=1S/C23H18ClFN4O5/c1-12-10-28(11-13-6-4-5-7-16(13)29(31)32)22-17(12)19(23(30)34-3)26-21(27-22)14-8-9-15(24)20(33-2)18(14)25/h4-10H,11H2,1-3H3. The van der Waals surface area contributed by atoms with Gasteiger partial charge < -0.3 is 14.0 Å². The van der Waals surface area contributed by atoms with Gasteiger partial charge in [-0.3, -0.25) is 10.1 Å². The minimum absolute atomic E-state index is 0.0376. The molecule has 34 heavy (non-hydrogen) atoms. The van der Waals surface area contributed by atoms with Crippen LogP contribution in [0, 0.1) is 22.9 Å². The highest BCUT2D eigenvalue weighted by Crippen LogP contribution is 2.35. The third-order valence-electron chi connectivity index (χ3n) is 5.31. The molecule has 2 aromatic heterocycles. The third-order valence-corrected chi connectivity index (χ3v) is 5.61. The zero-order valence-electron chi connectivity index (χ0n) is 18.3. The van der Waals surface area contributed by atoms with Crippen LogP contribution in [-0.2, 0) is 11.3 Å². The maximum absolute atomic E-state index is 15.1. The highest BCUT2D eigenvalue weighted by atomic mass is 35.5. The lowest BCUT2D eigenvalue weighted by atomic mass is 10.1. The van der Waals surface area contributed by atoms with Crippen LogP contribution < -0.4 is 4.74 Å². The normalized spacial score (nSPS) is 11.0. The number of fused-ring (bicyclic) bond motifs is 1. The van der Waals surface area contributed by atoms with Crippen molar-refractivity contribution in [3.63, 3.8) is 0 Å². The molecule has 0 spiro atoms. The van der Waals surface area contributed by atoms with E-state index in [2.05, 4.69) is 9.97 Å². The van der Waals surface area contributed by atoms with Gasteiger partial charge in [-0.05, 0) is 24.6 Å². The first kappa shape index (κ1) is 23.1. The van der Waals surface area contributed by atoms with E-state index >= 15 is 4.39 Å². The van der Waals surface area contributed by atoms with Crippen molar-refractivity contribution in [1.29, 1.82) is 0 Å². The smallest absolute Gasteiger partial charge is 0.357 e. The Morgan fingerprint density at radius 2 is 1.94 bits per heavy atom. The Balaban J connectivity index is 1.98. The number of esters is 1. The van der Waals surface area contributed by atoms with Crippen LogP contribution in [0.1, 0.15) is 21.6 Å². The van der Waals surface area contributed by atoms with Crippen LogP contribution in [0.5, 0.6) is 5.75 Å². The number of aryl methyl sites for hydroxylation is 1. The molecule has 11 heteroatoms. The topological polar surface area (TPSA) is 109 Å². The minimum atomic E-state index is -0.793. The number of hydrogen-bond donors (Lipinski definition) is 0. The quantitative estimate of drug-likeness (QED) is 0.216. The molecular weight excluding hydrogens is 467 g/mol. The molecule has 0 bridgehead atoms. The number of para-hydroxylation sites is 1.